The molecule has 2 aliphatic heterocycles. The molecular weight excluding hydrogens is 225 g/mol. The second kappa shape index (κ2) is 3.53. The third-order valence-corrected chi connectivity index (χ3v) is 6.40. The van der Waals surface area contributed by atoms with E-state index < -0.39 is 0 Å². The highest BCUT2D eigenvalue weighted by molar-refractivity contribution is 6.47. The van der Waals surface area contributed by atoms with Crippen LogP contribution in [0.3, 0.4) is 0 Å². The number of nitrogens with one attached hydrogen (secondary N) is 1. The number of hydrogen-bond donors (Lipinski definition) is 1. The van der Waals surface area contributed by atoms with Crippen molar-refractivity contribution in [2.24, 2.45) is 17.3 Å². The minimum Gasteiger partial charge on any atom is -0.404 e. The van der Waals surface area contributed by atoms with E-state index in [4.69, 9.17) is 9.31 Å². The second-order valence-electron chi connectivity index (χ2n) is 7.54. The van der Waals surface area contributed by atoms with Crippen LogP contribution in [-0.2, 0) is 9.31 Å². The van der Waals surface area contributed by atoms with Crippen molar-refractivity contribution in [2.75, 3.05) is 6.54 Å². The van der Waals surface area contributed by atoms with Gasteiger partial charge in [0.1, 0.15) is 0 Å². The summed E-state index contributed by atoms with van der Waals surface area (Å²) in [7, 11) is -0.00218. The van der Waals surface area contributed by atoms with Crippen molar-refractivity contribution in [2.45, 2.75) is 64.1 Å². The van der Waals surface area contributed by atoms with Gasteiger partial charge in [-0.15, -0.1) is 0 Å². The van der Waals surface area contributed by atoms with E-state index in [1.165, 1.54) is 25.7 Å². The molecule has 2 unspecified atom stereocenters. The molecular formula is C14H24BNO2. The fraction of sp³-hybridized carbons (Fsp3) is 1.00. The molecule has 3 saturated carbocycles. The standard InChI is InChI=1S/C14H24BNO2/c1-13(2)9-7-10(13)14(3)11(8-9)17-15(18-14)12-5-4-6-16-12/h9-12,16H,4-8H2,1-3H3/t9?,10?,11-,12+,14+/m1/s1. The van der Waals surface area contributed by atoms with Gasteiger partial charge in [-0.25, -0.2) is 0 Å². The normalized spacial score (nSPS) is 53.2. The maximum absolute atomic E-state index is 6.44. The van der Waals surface area contributed by atoms with Crippen LogP contribution in [0.1, 0.15) is 46.5 Å². The van der Waals surface area contributed by atoms with Gasteiger partial charge in [0, 0.05) is 5.94 Å². The van der Waals surface area contributed by atoms with Crippen LogP contribution < -0.4 is 5.32 Å². The Morgan fingerprint density at radius 2 is 2.06 bits per heavy atom. The lowest BCUT2D eigenvalue weighted by molar-refractivity contribution is -0.199. The van der Waals surface area contributed by atoms with Crippen molar-refractivity contribution >= 4 is 7.12 Å². The lowest BCUT2D eigenvalue weighted by Gasteiger charge is -2.64. The first kappa shape index (κ1) is 11.7. The molecule has 100 valence electrons. The van der Waals surface area contributed by atoms with Gasteiger partial charge < -0.3 is 14.6 Å². The Labute approximate surface area is 110 Å². The van der Waals surface area contributed by atoms with Crippen LogP contribution in [0.5, 0.6) is 0 Å². The lowest BCUT2D eigenvalue weighted by Crippen LogP contribution is -2.65. The molecule has 3 nitrogen and oxygen atoms in total. The van der Waals surface area contributed by atoms with Crippen molar-refractivity contribution in [3.05, 3.63) is 0 Å². The zero-order valence-corrected chi connectivity index (χ0v) is 11.7. The Morgan fingerprint density at radius 3 is 2.72 bits per heavy atom. The predicted octanol–water partition coefficient (Wildman–Crippen LogP) is 2.01. The van der Waals surface area contributed by atoms with Gasteiger partial charge in [0.15, 0.2) is 0 Å². The molecule has 0 radical (unpaired) electrons. The minimum atomic E-state index is -0.0345. The fourth-order valence-corrected chi connectivity index (χ4v) is 5.01. The van der Waals surface area contributed by atoms with Gasteiger partial charge in [-0.2, -0.15) is 0 Å². The molecule has 0 aromatic rings. The summed E-state index contributed by atoms with van der Waals surface area (Å²) in [6.07, 6.45) is 5.33. The molecule has 5 aliphatic rings. The Bertz CT molecular complexity index is 369. The van der Waals surface area contributed by atoms with Gasteiger partial charge in [-0.05, 0) is 56.4 Å². The Hall–Kier alpha value is -0.0551. The average Bonchev–Trinajstić information content (AvgIpc) is 2.92. The van der Waals surface area contributed by atoms with Gasteiger partial charge in [0.05, 0.1) is 11.7 Å². The van der Waals surface area contributed by atoms with Crippen LogP contribution in [0, 0.1) is 17.3 Å². The summed E-state index contributed by atoms with van der Waals surface area (Å²) in [5.74, 6) is 1.95. The number of rotatable bonds is 1. The van der Waals surface area contributed by atoms with Crippen LogP contribution in [0.25, 0.3) is 0 Å². The largest absolute Gasteiger partial charge is 0.475 e. The number of hydrogen-bond acceptors (Lipinski definition) is 3. The molecule has 5 rings (SSSR count). The third-order valence-electron chi connectivity index (χ3n) is 6.40. The van der Waals surface area contributed by atoms with Crippen molar-refractivity contribution in [3.63, 3.8) is 0 Å². The highest BCUT2D eigenvalue weighted by Gasteiger charge is 2.68. The van der Waals surface area contributed by atoms with E-state index in [2.05, 4.69) is 26.1 Å². The highest BCUT2D eigenvalue weighted by Crippen LogP contribution is 2.65. The molecule has 1 N–H and O–H groups in total. The first-order valence-corrected chi connectivity index (χ1v) is 7.58. The van der Waals surface area contributed by atoms with Gasteiger partial charge >= 0.3 is 7.12 Å². The summed E-state index contributed by atoms with van der Waals surface area (Å²) in [5, 5.41) is 3.52. The summed E-state index contributed by atoms with van der Waals surface area (Å²) < 4.78 is 12.7. The molecule has 2 heterocycles. The van der Waals surface area contributed by atoms with Crippen LogP contribution in [0.15, 0.2) is 0 Å². The zero-order chi connectivity index (χ0) is 12.5. The highest BCUT2D eigenvalue weighted by atomic mass is 16.7. The van der Waals surface area contributed by atoms with Gasteiger partial charge in [0.2, 0.25) is 0 Å². The summed E-state index contributed by atoms with van der Waals surface area (Å²) in [6.45, 7) is 8.25. The van der Waals surface area contributed by atoms with Crippen LogP contribution >= 0.6 is 0 Å². The van der Waals surface area contributed by atoms with E-state index in [9.17, 15) is 0 Å². The van der Waals surface area contributed by atoms with Crippen molar-refractivity contribution in [1.82, 2.24) is 5.32 Å². The first-order valence-electron chi connectivity index (χ1n) is 7.58. The maximum atomic E-state index is 6.44. The average molecular weight is 249 g/mol. The SMILES string of the molecule is CC1(C)C2CC1[C@]1(C)OB([C@@H]3CCCN3)O[C@@H]1C2. The molecule has 4 heteroatoms. The third kappa shape index (κ3) is 1.32. The monoisotopic (exact) mass is 249 g/mol. The molecule has 0 aromatic heterocycles. The van der Waals surface area contributed by atoms with E-state index >= 15 is 0 Å². The molecule has 18 heavy (non-hydrogen) atoms. The topological polar surface area (TPSA) is 30.5 Å². The summed E-state index contributed by atoms with van der Waals surface area (Å²) in [4.78, 5) is 0. The molecule has 2 bridgehead atoms. The first-order chi connectivity index (χ1) is 8.52. The summed E-state index contributed by atoms with van der Waals surface area (Å²) in [5.41, 5.74) is 0.416. The Kier molecular flexibility index (Phi) is 2.30. The Morgan fingerprint density at radius 1 is 1.22 bits per heavy atom. The zero-order valence-electron chi connectivity index (χ0n) is 11.7. The molecule has 2 saturated heterocycles. The van der Waals surface area contributed by atoms with Gasteiger partial charge in [-0.3, -0.25) is 0 Å². The van der Waals surface area contributed by atoms with Crippen LogP contribution in [0.4, 0.5) is 0 Å². The maximum Gasteiger partial charge on any atom is 0.475 e. The molecule has 0 amide bonds. The molecule has 0 aromatic carbocycles. The molecule has 3 aliphatic carbocycles. The van der Waals surface area contributed by atoms with Crippen molar-refractivity contribution in [3.8, 4) is 0 Å². The smallest absolute Gasteiger partial charge is 0.404 e. The summed E-state index contributed by atoms with van der Waals surface area (Å²) in [6, 6.07) is 0. The van der Waals surface area contributed by atoms with E-state index in [-0.39, 0.29) is 12.7 Å². The minimum absolute atomic E-state index is 0.00218. The van der Waals surface area contributed by atoms with E-state index in [1.807, 2.05) is 0 Å². The van der Waals surface area contributed by atoms with Crippen molar-refractivity contribution < 1.29 is 9.31 Å². The molecule has 5 fully saturated rings. The summed E-state index contributed by atoms with van der Waals surface area (Å²) >= 11 is 0. The van der Waals surface area contributed by atoms with E-state index in [0.29, 0.717) is 23.4 Å². The van der Waals surface area contributed by atoms with Crippen LogP contribution in [-0.4, -0.2) is 31.3 Å². The lowest BCUT2D eigenvalue weighted by atomic mass is 9.43. The quantitative estimate of drug-likeness (QED) is 0.721. The molecule has 5 atom stereocenters. The van der Waals surface area contributed by atoms with Crippen LogP contribution in [0.2, 0.25) is 0 Å². The van der Waals surface area contributed by atoms with E-state index in [0.717, 1.165) is 12.5 Å². The van der Waals surface area contributed by atoms with Gasteiger partial charge in [-0.1, -0.05) is 13.8 Å². The van der Waals surface area contributed by atoms with Gasteiger partial charge in [0.25, 0.3) is 0 Å². The van der Waals surface area contributed by atoms with E-state index in [1.54, 1.807) is 0 Å². The Balaban J connectivity index is 1.57. The van der Waals surface area contributed by atoms with Crippen molar-refractivity contribution in [1.29, 1.82) is 0 Å². The second-order valence-corrected chi connectivity index (χ2v) is 7.54. The predicted molar refractivity (Wildman–Crippen MR) is 71.1 cm³/mol. The molecule has 0 spiro atoms. The fourth-order valence-electron chi connectivity index (χ4n) is 5.01.